The Morgan fingerprint density at radius 3 is 0.824 bits per heavy atom. The van der Waals surface area contributed by atoms with Gasteiger partial charge < -0.3 is 9.96 Å². The fraction of sp³-hybridized carbons (Fsp3) is 0.400. The standard InChI is InChI=1S/C30H44N2Si2/c1-29(2,25-15-19-27(20-16-25)31-33(5,6)7)23-11-13-24(14-12-23)30(3,4)26-17-21-28(22-18-26)32-34(8,9)10/h11-22,31-32H,1-10H3. The van der Waals surface area contributed by atoms with Crippen LogP contribution in [-0.2, 0) is 10.8 Å². The second-order valence-corrected chi connectivity index (χ2v) is 22.2. The second-order valence-electron chi connectivity index (χ2n) is 12.7. The Morgan fingerprint density at radius 2 is 0.618 bits per heavy atom. The van der Waals surface area contributed by atoms with Crippen LogP contribution in [0.5, 0.6) is 0 Å². The fourth-order valence-electron chi connectivity index (χ4n) is 4.44. The molecule has 0 aromatic heterocycles. The van der Waals surface area contributed by atoms with Crippen molar-refractivity contribution in [2.45, 2.75) is 77.8 Å². The Labute approximate surface area is 210 Å². The number of anilines is 2. The van der Waals surface area contributed by atoms with Gasteiger partial charge in [0, 0.05) is 22.2 Å². The number of hydrogen-bond acceptors (Lipinski definition) is 2. The van der Waals surface area contributed by atoms with Crippen molar-refractivity contribution >= 4 is 27.8 Å². The van der Waals surface area contributed by atoms with E-state index < -0.39 is 16.5 Å². The van der Waals surface area contributed by atoms with Crippen molar-refractivity contribution in [1.29, 1.82) is 0 Å². The highest BCUT2D eigenvalue weighted by Gasteiger charge is 2.27. The van der Waals surface area contributed by atoms with Crippen LogP contribution in [-0.4, -0.2) is 16.5 Å². The third-order valence-corrected chi connectivity index (χ3v) is 8.66. The molecule has 34 heavy (non-hydrogen) atoms. The Morgan fingerprint density at radius 1 is 0.412 bits per heavy atom. The molecule has 0 saturated carbocycles. The maximum atomic E-state index is 3.69. The quantitative estimate of drug-likeness (QED) is 0.309. The average Bonchev–Trinajstić information content (AvgIpc) is 2.72. The molecule has 3 rings (SSSR count). The van der Waals surface area contributed by atoms with E-state index in [0.717, 1.165) is 0 Å². The molecule has 0 aliphatic carbocycles. The highest BCUT2D eigenvalue weighted by Crippen LogP contribution is 2.36. The highest BCUT2D eigenvalue weighted by atomic mass is 28.3. The molecule has 4 heteroatoms. The van der Waals surface area contributed by atoms with Gasteiger partial charge in [0.25, 0.3) is 0 Å². The van der Waals surface area contributed by atoms with Crippen LogP contribution in [0.2, 0.25) is 39.3 Å². The summed E-state index contributed by atoms with van der Waals surface area (Å²) in [7, 11) is -2.69. The van der Waals surface area contributed by atoms with Crippen molar-refractivity contribution in [2.24, 2.45) is 0 Å². The zero-order chi connectivity index (χ0) is 25.4. The summed E-state index contributed by atoms with van der Waals surface area (Å²) in [6.07, 6.45) is 0. The molecule has 3 aromatic carbocycles. The van der Waals surface area contributed by atoms with E-state index in [1.54, 1.807) is 0 Å². The van der Waals surface area contributed by atoms with E-state index in [4.69, 9.17) is 0 Å². The topological polar surface area (TPSA) is 24.1 Å². The molecule has 0 amide bonds. The molecule has 0 aliphatic rings. The molecule has 3 aromatic rings. The van der Waals surface area contributed by atoms with Gasteiger partial charge in [0.2, 0.25) is 0 Å². The van der Waals surface area contributed by atoms with Crippen molar-refractivity contribution in [1.82, 2.24) is 0 Å². The molecule has 0 fully saturated rings. The lowest BCUT2D eigenvalue weighted by molar-refractivity contribution is 0.626. The van der Waals surface area contributed by atoms with Gasteiger partial charge in [-0.25, -0.2) is 0 Å². The van der Waals surface area contributed by atoms with Crippen molar-refractivity contribution in [3.05, 3.63) is 95.1 Å². The molecule has 0 spiro atoms. The SMILES string of the molecule is CC(C)(c1ccc(N[Si](C)(C)C)cc1)c1ccc(C(C)(C)c2ccc(N[Si](C)(C)C)cc2)cc1. The van der Waals surface area contributed by atoms with Crippen LogP contribution in [0, 0.1) is 0 Å². The van der Waals surface area contributed by atoms with Gasteiger partial charge in [-0.05, 0) is 46.5 Å². The van der Waals surface area contributed by atoms with Gasteiger partial charge >= 0.3 is 0 Å². The first-order valence-electron chi connectivity index (χ1n) is 12.5. The largest absolute Gasteiger partial charge is 0.411 e. The molecular formula is C30H44N2Si2. The first-order chi connectivity index (χ1) is 15.6. The fourth-order valence-corrected chi connectivity index (χ4v) is 6.51. The monoisotopic (exact) mass is 488 g/mol. The zero-order valence-corrected chi connectivity index (χ0v) is 24.9. The molecule has 0 atom stereocenters. The van der Waals surface area contributed by atoms with Crippen LogP contribution >= 0.6 is 0 Å². The van der Waals surface area contributed by atoms with Crippen LogP contribution < -0.4 is 9.96 Å². The third kappa shape index (κ3) is 6.42. The van der Waals surface area contributed by atoms with Gasteiger partial charge in [-0.2, -0.15) is 0 Å². The molecule has 0 saturated heterocycles. The van der Waals surface area contributed by atoms with Gasteiger partial charge in [0.05, 0.1) is 0 Å². The van der Waals surface area contributed by atoms with E-state index >= 15 is 0 Å². The first-order valence-corrected chi connectivity index (χ1v) is 19.5. The van der Waals surface area contributed by atoms with E-state index in [1.807, 2.05) is 0 Å². The van der Waals surface area contributed by atoms with Crippen molar-refractivity contribution in [2.75, 3.05) is 9.96 Å². The first kappa shape index (κ1) is 26.3. The molecular weight excluding hydrogens is 445 g/mol. The zero-order valence-electron chi connectivity index (χ0n) is 22.9. The third-order valence-electron chi connectivity index (χ3n) is 6.58. The Hall–Kier alpha value is -2.31. The van der Waals surface area contributed by atoms with E-state index in [-0.39, 0.29) is 10.8 Å². The van der Waals surface area contributed by atoms with Crippen molar-refractivity contribution in [3.8, 4) is 0 Å². The molecule has 0 unspecified atom stereocenters. The minimum atomic E-state index is -1.34. The maximum Gasteiger partial charge on any atom is 0.144 e. The van der Waals surface area contributed by atoms with Crippen molar-refractivity contribution in [3.63, 3.8) is 0 Å². The second kappa shape index (κ2) is 9.39. The summed E-state index contributed by atoms with van der Waals surface area (Å²) in [6, 6.07) is 27.3. The highest BCUT2D eigenvalue weighted by molar-refractivity contribution is 6.79. The predicted octanol–water partition coefficient (Wildman–Crippen LogP) is 8.83. The lowest BCUT2D eigenvalue weighted by Crippen LogP contribution is -2.32. The van der Waals surface area contributed by atoms with E-state index in [2.05, 4.69) is 150 Å². The normalized spacial score (nSPS) is 13.0. The Balaban J connectivity index is 1.80. The van der Waals surface area contributed by atoms with Gasteiger partial charge in [0.15, 0.2) is 0 Å². The van der Waals surface area contributed by atoms with Crippen molar-refractivity contribution < 1.29 is 0 Å². The van der Waals surface area contributed by atoms with Crippen LogP contribution in [0.4, 0.5) is 11.4 Å². The summed E-state index contributed by atoms with van der Waals surface area (Å²) in [5, 5.41) is 0. The Kier molecular flexibility index (Phi) is 7.26. The van der Waals surface area contributed by atoms with E-state index in [0.29, 0.717) is 0 Å². The summed E-state index contributed by atoms with van der Waals surface area (Å²) < 4.78 is 0. The number of benzene rings is 3. The summed E-state index contributed by atoms with van der Waals surface area (Å²) in [4.78, 5) is 7.38. The van der Waals surface area contributed by atoms with Gasteiger partial charge in [-0.15, -0.1) is 0 Å². The number of nitrogens with one attached hydrogen (secondary N) is 2. The number of rotatable bonds is 8. The van der Waals surface area contributed by atoms with Gasteiger partial charge in [-0.1, -0.05) is 116 Å². The molecule has 0 heterocycles. The average molecular weight is 489 g/mol. The lowest BCUT2D eigenvalue weighted by Gasteiger charge is -2.30. The minimum Gasteiger partial charge on any atom is -0.411 e. The van der Waals surface area contributed by atoms with Crippen LogP contribution in [0.3, 0.4) is 0 Å². The summed E-state index contributed by atoms with van der Waals surface area (Å²) in [6.45, 7) is 23.2. The summed E-state index contributed by atoms with van der Waals surface area (Å²) in [5.41, 5.74) is 7.70. The predicted molar refractivity (Wildman–Crippen MR) is 158 cm³/mol. The van der Waals surface area contributed by atoms with E-state index in [1.165, 1.54) is 33.6 Å². The molecule has 0 radical (unpaired) electrons. The Bertz CT molecular complexity index is 993. The summed E-state index contributed by atoms with van der Waals surface area (Å²) >= 11 is 0. The maximum absolute atomic E-state index is 3.69. The van der Waals surface area contributed by atoms with Gasteiger partial charge in [0.1, 0.15) is 16.5 Å². The van der Waals surface area contributed by atoms with Gasteiger partial charge in [-0.3, -0.25) is 0 Å². The van der Waals surface area contributed by atoms with Crippen LogP contribution in [0.1, 0.15) is 49.9 Å². The molecule has 182 valence electrons. The van der Waals surface area contributed by atoms with Crippen LogP contribution in [0.25, 0.3) is 0 Å². The van der Waals surface area contributed by atoms with Crippen LogP contribution in [0.15, 0.2) is 72.8 Å². The molecule has 0 bridgehead atoms. The number of hydrogen-bond donors (Lipinski definition) is 2. The summed E-state index contributed by atoms with van der Waals surface area (Å²) in [5.74, 6) is 0. The molecule has 2 N–H and O–H groups in total. The smallest absolute Gasteiger partial charge is 0.144 e. The lowest BCUT2D eigenvalue weighted by atomic mass is 9.74. The molecule has 0 aliphatic heterocycles. The molecule has 2 nitrogen and oxygen atoms in total. The van der Waals surface area contributed by atoms with E-state index in [9.17, 15) is 0 Å². The minimum absolute atomic E-state index is 0.0511.